The van der Waals surface area contributed by atoms with Gasteiger partial charge in [0.25, 0.3) is 0 Å². The Morgan fingerprint density at radius 3 is 1.83 bits per heavy atom. The van der Waals surface area contributed by atoms with Crippen molar-refractivity contribution in [2.24, 2.45) is 0 Å². The van der Waals surface area contributed by atoms with Crippen molar-refractivity contribution in [2.45, 2.75) is 0 Å². The summed E-state index contributed by atoms with van der Waals surface area (Å²) in [5.74, 6) is 0. The lowest BCUT2D eigenvalue weighted by atomic mass is 10.3. The first-order valence-electron chi connectivity index (χ1n) is 5.32. The van der Waals surface area contributed by atoms with Crippen LogP contribution in [0.4, 0.5) is 21.9 Å². The van der Waals surface area contributed by atoms with E-state index in [1.54, 1.807) is 24.3 Å². The Bertz CT molecular complexity index is 488. The van der Waals surface area contributed by atoms with Gasteiger partial charge in [-0.05, 0) is 48.5 Å². The van der Waals surface area contributed by atoms with Crippen molar-refractivity contribution in [2.75, 3.05) is 16.4 Å². The summed E-state index contributed by atoms with van der Waals surface area (Å²) in [4.78, 5) is 11.7. The Labute approximate surface area is 113 Å². The molecule has 0 heterocycles. The molecule has 0 bridgehead atoms. The van der Waals surface area contributed by atoms with Gasteiger partial charge in [-0.3, -0.25) is 0 Å². The van der Waals surface area contributed by atoms with Crippen molar-refractivity contribution < 1.29 is 4.79 Å². The highest BCUT2D eigenvalue weighted by atomic mass is 79.9. The zero-order valence-corrected chi connectivity index (χ0v) is 11.1. The highest BCUT2D eigenvalue weighted by Crippen LogP contribution is 2.15. The Balaban J connectivity index is 1.96. The van der Waals surface area contributed by atoms with Gasteiger partial charge >= 0.3 is 6.03 Å². The van der Waals surface area contributed by atoms with Gasteiger partial charge in [0, 0.05) is 21.5 Å². The molecular weight excluding hydrogens is 294 g/mol. The molecule has 2 aromatic carbocycles. The fraction of sp³-hybridized carbons (Fsp3) is 0. The summed E-state index contributed by atoms with van der Waals surface area (Å²) in [5.41, 5.74) is 7.64. The first kappa shape index (κ1) is 12.4. The summed E-state index contributed by atoms with van der Waals surface area (Å²) in [5, 5.41) is 5.45. The van der Waals surface area contributed by atoms with Crippen molar-refractivity contribution in [1.82, 2.24) is 0 Å². The van der Waals surface area contributed by atoms with Crippen LogP contribution < -0.4 is 16.4 Å². The molecule has 0 radical (unpaired) electrons. The van der Waals surface area contributed by atoms with Crippen LogP contribution in [0, 0.1) is 0 Å². The topological polar surface area (TPSA) is 67.1 Å². The third-order valence-corrected chi connectivity index (χ3v) is 2.80. The summed E-state index contributed by atoms with van der Waals surface area (Å²) in [6, 6.07) is 14.0. The van der Waals surface area contributed by atoms with E-state index < -0.39 is 0 Å². The third-order valence-electron chi connectivity index (χ3n) is 2.27. The molecule has 0 fully saturated rings. The number of benzene rings is 2. The van der Waals surface area contributed by atoms with Gasteiger partial charge in [-0.25, -0.2) is 4.79 Å². The van der Waals surface area contributed by atoms with E-state index >= 15 is 0 Å². The van der Waals surface area contributed by atoms with E-state index in [1.807, 2.05) is 24.3 Å². The number of halogens is 1. The summed E-state index contributed by atoms with van der Waals surface area (Å²) in [7, 11) is 0. The van der Waals surface area contributed by atoms with E-state index in [0.29, 0.717) is 11.4 Å². The van der Waals surface area contributed by atoms with Crippen LogP contribution in [0.2, 0.25) is 0 Å². The lowest BCUT2D eigenvalue weighted by Gasteiger charge is -2.07. The molecule has 5 heteroatoms. The second kappa shape index (κ2) is 5.55. The minimum Gasteiger partial charge on any atom is -0.399 e. The molecular formula is C13H12BrN3O. The number of nitrogens with one attached hydrogen (secondary N) is 2. The predicted molar refractivity (Wildman–Crippen MR) is 77.6 cm³/mol. The molecule has 18 heavy (non-hydrogen) atoms. The molecule has 0 unspecified atom stereocenters. The van der Waals surface area contributed by atoms with Crippen LogP contribution in [0.1, 0.15) is 0 Å². The average molecular weight is 306 g/mol. The summed E-state index contributed by atoms with van der Waals surface area (Å²) < 4.78 is 0.965. The molecule has 2 rings (SSSR count). The SMILES string of the molecule is Nc1ccc(NC(=O)Nc2ccc(Br)cc2)cc1. The second-order valence-electron chi connectivity index (χ2n) is 3.71. The van der Waals surface area contributed by atoms with Crippen LogP contribution in [-0.2, 0) is 0 Å². The predicted octanol–water partition coefficient (Wildman–Crippen LogP) is 3.68. The molecule has 0 aromatic heterocycles. The van der Waals surface area contributed by atoms with Crippen molar-refractivity contribution >= 4 is 39.0 Å². The summed E-state index contributed by atoms with van der Waals surface area (Å²) in [6.45, 7) is 0. The van der Waals surface area contributed by atoms with E-state index in [-0.39, 0.29) is 6.03 Å². The number of rotatable bonds is 2. The monoisotopic (exact) mass is 305 g/mol. The number of hydrogen-bond donors (Lipinski definition) is 3. The van der Waals surface area contributed by atoms with Gasteiger partial charge in [0.1, 0.15) is 0 Å². The van der Waals surface area contributed by atoms with E-state index in [0.717, 1.165) is 10.2 Å². The van der Waals surface area contributed by atoms with Crippen LogP contribution in [0.3, 0.4) is 0 Å². The van der Waals surface area contributed by atoms with Crippen molar-refractivity contribution in [3.8, 4) is 0 Å². The van der Waals surface area contributed by atoms with Crippen LogP contribution in [0.15, 0.2) is 53.0 Å². The van der Waals surface area contributed by atoms with E-state index in [9.17, 15) is 4.79 Å². The Hall–Kier alpha value is -2.01. The smallest absolute Gasteiger partial charge is 0.323 e. The van der Waals surface area contributed by atoms with Gasteiger partial charge < -0.3 is 16.4 Å². The number of nitrogens with two attached hydrogens (primary N) is 1. The quantitative estimate of drug-likeness (QED) is 0.741. The summed E-state index contributed by atoms with van der Waals surface area (Å²) >= 11 is 3.33. The number of amides is 2. The zero-order valence-electron chi connectivity index (χ0n) is 9.48. The van der Waals surface area contributed by atoms with Gasteiger partial charge in [-0.1, -0.05) is 15.9 Å². The molecule has 0 saturated heterocycles. The van der Waals surface area contributed by atoms with Crippen molar-refractivity contribution in [1.29, 1.82) is 0 Å². The first-order valence-corrected chi connectivity index (χ1v) is 6.12. The Morgan fingerprint density at radius 2 is 1.33 bits per heavy atom. The van der Waals surface area contributed by atoms with Gasteiger partial charge in [-0.2, -0.15) is 0 Å². The Morgan fingerprint density at radius 1 is 0.889 bits per heavy atom. The van der Waals surface area contributed by atoms with Gasteiger partial charge in [0.15, 0.2) is 0 Å². The normalized spacial score (nSPS) is 9.83. The van der Waals surface area contributed by atoms with E-state index in [1.165, 1.54) is 0 Å². The highest BCUT2D eigenvalue weighted by molar-refractivity contribution is 9.10. The molecule has 2 amide bonds. The molecule has 4 nitrogen and oxygen atoms in total. The molecule has 0 aliphatic carbocycles. The highest BCUT2D eigenvalue weighted by Gasteiger charge is 2.02. The number of urea groups is 1. The molecule has 4 N–H and O–H groups in total. The lowest BCUT2D eigenvalue weighted by Crippen LogP contribution is -2.19. The average Bonchev–Trinajstić information content (AvgIpc) is 2.35. The molecule has 0 aliphatic rings. The van der Waals surface area contributed by atoms with Crippen LogP contribution in [0.5, 0.6) is 0 Å². The maximum absolute atomic E-state index is 11.7. The van der Waals surface area contributed by atoms with Crippen LogP contribution >= 0.6 is 15.9 Å². The van der Waals surface area contributed by atoms with E-state index in [2.05, 4.69) is 26.6 Å². The number of carbonyl (C=O) groups excluding carboxylic acids is 1. The maximum atomic E-state index is 11.7. The van der Waals surface area contributed by atoms with Gasteiger partial charge in [0.05, 0.1) is 0 Å². The minimum atomic E-state index is -0.290. The van der Waals surface area contributed by atoms with Crippen molar-refractivity contribution in [3.05, 3.63) is 53.0 Å². The molecule has 0 atom stereocenters. The second-order valence-corrected chi connectivity index (χ2v) is 4.62. The molecule has 92 valence electrons. The standard InChI is InChI=1S/C13H12BrN3O/c14-9-1-5-11(6-2-9)16-13(18)17-12-7-3-10(15)4-8-12/h1-8H,15H2,(H2,16,17,18). The molecule has 0 saturated carbocycles. The zero-order chi connectivity index (χ0) is 13.0. The largest absolute Gasteiger partial charge is 0.399 e. The fourth-order valence-corrected chi connectivity index (χ4v) is 1.66. The maximum Gasteiger partial charge on any atom is 0.323 e. The number of carbonyl (C=O) groups is 1. The lowest BCUT2D eigenvalue weighted by molar-refractivity contribution is 0.262. The Kier molecular flexibility index (Phi) is 3.84. The summed E-state index contributed by atoms with van der Waals surface area (Å²) in [6.07, 6.45) is 0. The number of hydrogen-bond acceptors (Lipinski definition) is 2. The van der Waals surface area contributed by atoms with Gasteiger partial charge in [-0.15, -0.1) is 0 Å². The number of anilines is 3. The third kappa shape index (κ3) is 3.49. The molecule has 2 aromatic rings. The van der Waals surface area contributed by atoms with Crippen LogP contribution in [-0.4, -0.2) is 6.03 Å². The van der Waals surface area contributed by atoms with Crippen molar-refractivity contribution in [3.63, 3.8) is 0 Å². The number of nitrogen functional groups attached to an aromatic ring is 1. The van der Waals surface area contributed by atoms with E-state index in [4.69, 9.17) is 5.73 Å². The molecule has 0 spiro atoms. The van der Waals surface area contributed by atoms with Gasteiger partial charge in [0.2, 0.25) is 0 Å². The molecule has 0 aliphatic heterocycles. The fourth-order valence-electron chi connectivity index (χ4n) is 1.39. The minimum absolute atomic E-state index is 0.290. The van der Waals surface area contributed by atoms with Crippen LogP contribution in [0.25, 0.3) is 0 Å². The first-order chi connectivity index (χ1) is 8.63.